The zero-order chi connectivity index (χ0) is 51.6. The summed E-state index contributed by atoms with van der Waals surface area (Å²) in [5.41, 5.74) is 4.59. The fraction of sp³-hybridized carbons (Fsp3) is 0.880. The molecule has 18 nitrogen and oxygen atoms in total. The number of hydrogen-bond acceptors (Lipinski definition) is 15. The minimum atomic E-state index is -5.42. The highest BCUT2D eigenvalue weighted by Crippen LogP contribution is 2.60. The molecule has 0 spiro atoms. The second-order valence-electron chi connectivity index (χ2n) is 19.6. The minimum Gasteiger partial charge on any atom is -0.462 e. The number of carbonyl (C=O) groups excluding carboxylic acids is 2. The predicted octanol–water partition coefficient (Wildman–Crippen LogP) is 11.2. The number of ether oxygens (including phenoxy) is 3. The van der Waals surface area contributed by atoms with E-state index >= 15 is 0 Å². The first kappa shape index (κ1) is 63.9. The van der Waals surface area contributed by atoms with Gasteiger partial charge in [-0.25, -0.2) is 13.9 Å². The Kier molecular flexibility index (Phi) is 34.2. The van der Waals surface area contributed by atoms with E-state index in [1.54, 1.807) is 0 Å². The van der Waals surface area contributed by atoms with Crippen LogP contribution >= 0.6 is 15.6 Å². The summed E-state index contributed by atoms with van der Waals surface area (Å²) in [6.07, 6.45) is 26.4. The molecule has 408 valence electrons. The first-order valence-electron chi connectivity index (χ1n) is 26.8. The number of aliphatic hydroxyl groups excluding tert-OH is 2. The summed E-state index contributed by atoms with van der Waals surface area (Å²) in [4.78, 5) is 61.9. The number of aromatic nitrogens is 2. The van der Waals surface area contributed by atoms with E-state index in [0.29, 0.717) is 18.8 Å². The van der Waals surface area contributed by atoms with Gasteiger partial charge in [-0.3, -0.25) is 23.2 Å². The summed E-state index contributed by atoms with van der Waals surface area (Å²) in [5, 5.41) is 20.9. The summed E-state index contributed by atoms with van der Waals surface area (Å²) in [7, 11) is -10.8. The van der Waals surface area contributed by atoms with E-state index in [-0.39, 0.29) is 18.7 Å². The molecule has 0 bridgehead atoms. The summed E-state index contributed by atoms with van der Waals surface area (Å²) in [6.45, 7) is 6.79. The molecule has 2 rings (SSSR count). The number of nitrogens with zero attached hydrogens (tertiary/aromatic N) is 2. The van der Waals surface area contributed by atoms with Crippen molar-refractivity contribution in [3.05, 3.63) is 22.7 Å². The van der Waals surface area contributed by atoms with Crippen LogP contribution in [0, 0.1) is 11.8 Å². The van der Waals surface area contributed by atoms with Crippen molar-refractivity contribution in [2.75, 3.05) is 25.6 Å². The monoisotopic (exact) mass is 1040 g/mol. The molecule has 70 heavy (non-hydrogen) atoms. The Bertz CT molecular complexity index is 1710. The van der Waals surface area contributed by atoms with Crippen LogP contribution in [0.5, 0.6) is 0 Å². The van der Waals surface area contributed by atoms with Crippen LogP contribution in [0.15, 0.2) is 17.1 Å². The fourth-order valence-electron chi connectivity index (χ4n) is 8.33. The van der Waals surface area contributed by atoms with Gasteiger partial charge in [-0.15, -0.1) is 0 Å². The van der Waals surface area contributed by atoms with Crippen LogP contribution < -0.4 is 11.4 Å². The molecule has 0 aromatic carbocycles. The number of rotatable bonds is 44. The first-order valence-corrected chi connectivity index (χ1v) is 29.8. The molecule has 1 aliphatic heterocycles. The van der Waals surface area contributed by atoms with Crippen molar-refractivity contribution in [2.24, 2.45) is 11.8 Å². The lowest BCUT2D eigenvalue weighted by atomic mass is 9.99. The van der Waals surface area contributed by atoms with Gasteiger partial charge in [0.2, 0.25) is 0 Å². The van der Waals surface area contributed by atoms with Gasteiger partial charge < -0.3 is 39.9 Å². The van der Waals surface area contributed by atoms with Crippen molar-refractivity contribution < 1.29 is 66.3 Å². The highest BCUT2D eigenvalue weighted by Gasteiger charge is 2.46. The maximum atomic E-state index is 12.8. The third kappa shape index (κ3) is 30.1. The standard InChI is InChI=1S/C50H93N3O15P2/c1-5-40(3)31-27-23-19-17-15-13-11-9-7-8-10-12-14-16-18-20-25-29-33-45(54)63-37-42(66-46(55)34-30-26-22-21-24-28-32-41(4)6-2)38-64-69(59,60)68-70(61,62)65-39-43-47(56)48(57)49(67-43)53-36-35-44(51)52-50(53)58/h35-36,40-43,47-49,56-57H,5-34,37-39H2,1-4H3,(H,59,60)(H,61,62)(H2,51,52,58)/t40?,41?,42-,43-,47+,48?,49-/m1/s1. The average Bonchev–Trinajstić information content (AvgIpc) is 3.60. The largest absolute Gasteiger partial charge is 0.481 e. The van der Waals surface area contributed by atoms with Crippen LogP contribution in [-0.4, -0.2) is 85.7 Å². The Morgan fingerprint density at radius 2 is 1.10 bits per heavy atom. The van der Waals surface area contributed by atoms with Crippen LogP contribution in [0.3, 0.4) is 0 Å². The number of carbonyl (C=O) groups is 2. The topological polar surface area (TPSA) is 265 Å². The molecule has 1 aliphatic rings. The van der Waals surface area contributed by atoms with Gasteiger partial charge in [0.15, 0.2) is 12.3 Å². The molecule has 0 radical (unpaired) electrons. The van der Waals surface area contributed by atoms with E-state index in [1.165, 1.54) is 134 Å². The first-order chi connectivity index (χ1) is 33.5. The second-order valence-corrected chi connectivity index (χ2v) is 22.6. The van der Waals surface area contributed by atoms with E-state index in [1.807, 2.05) is 0 Å². The van der Waals surface area contributed by atoms with Gasteiger partial charge >= 0.3 is 33.3 Å². The molecule has 1 aromatic rings. The molecular weight excluding hydrogens is 945 g/mol. The lowest BCUT2D eigenvalue weighted by Crippen LogP contribution is -2.36. The van der Waals surface area contributed by atoms with Crippen molar-refractivity contribution in [3.8, 4) is 0 Å². The molecular formula is C50H93N3O15P2. The van der Waals surface area contributed by atoms with Crippen LogP contribution in [0.2, 0.25) is 0 Å². The van der Waals surface area contributed by atoms with E-state index < -0.39 is 83.7 Å². The van der Waals surface area contributed by atoms with Gasteiger partial charge in [-0.05, 0) is 30.7 Å². The minimum absolute atomic E-state index is 0.0530. The van der Waals surface area contributed by atoms with E-state index in [0.717, 1.165) is 55.4 Å². The van der Waals surface area contributed by atoms with Crippen molar-refractivity contribution in [3.63, 3.8) is 0 Å². The number of nitrogen functional groups attached to an aromatic ring is 1. The maximum absolute atomic E-state index is 12.8. The average molecular weight is 1040 g/mol. The number of anilines is 1. The van der Waals surface area contributed by atoms with Gasteiger partial charge in [-0.1, -0.05) is 195 Å². The number of phosphoric ester groups is 2. The van der Waals surface area contributed by atoms with Crippen molar-refractivity contribution in [1.82, 2.24) is 9.55 Å². The van der Waals surface area contributed by atoms with Crippen LogP contribution in [0.25, 0.3) is 0 Å². The number of hydrogen-bond donors (Lipinski definition) is 5. The van der Waals surface area contributed by atoms with Gasteiger partial charge in [0.25, 0.3) is 0 Å². The smallest absolute Gasteiger partial charge is 0.462 e. The number of nitrogens with two attached hydrogens (primary N) is 1. The lowest BCUT2D eigenvalue weighted by molar-refractivity contribution is -0.161. The van der Waals surface area contributed by atoms with Crippen molar-refractivity contribution in [2.45, 2.75) is 251 Å². The van der Waals surface area contributed by atoms with E-state index in [4.69, 9.17) is 29.0 Å². The molecule has 5 unspecified atom stereocenters. The Balaban J connectivity index is 1.72. The van der Waals surface area contributed by atoms with Gasteiger partial charge in [0, 0.05) is 19.0 Å². The fourth-order valence-corrected chi connectivity index (χ4v) is 10.4. The van der Waals surface area contributed by atoms with Crippen molar-refractivity contribution in [1.29, 1.82) is 0 Å². The normalized spacial score (nSPS) is 20.1. The molecule has 0 aliphatic carbocycles. The van der Waals surface area contributed by atoms with E-state index in [2.05, 4.69) is 37.0 Å². The van der Waals surface area contributed by atoms with Crippen LogP contribution in [0.4, 0.5) is 5.82 Å². The number of aliphatic hydroxyl groups is 2. The molecule has 0 amide bonds. The summed E-state index contributed by atoms with van der Waals surface area (Å²) >= 11 is 0. The Labute approximate surface area is 419 Å². The third-order valence-corrected chi connectivity index (χ3v) is 15.9. The molecule has 6 N–H and O–H groups in total. The summed E-state index contributed by atoms with van der Waals surface area (Å²) < 4.78 is 56.8. The van der Waals surface area contributed by atoms with Gasteiger partial charge in [0.05, 0.1) is 13.2 Å². The molecule has 20 heteroatoms. The molecule has 2 heterocycles. The molecule has 1 saturated heterocycles. The maximum Gasteiger partial charge on any atom is 0.481 e. The second kappa shape index (κ2) is 37.5. The highest BCUT2D eigenvalue weighted by molar-refractivity contribution is 7.61. The molecule has 1 fully saturated rings. The van der Waals surface area contributed by atoms with Gasteiger partial charge in [-0.2, -0.15) is 9.29 Å². The molecule has 9 atom stereocenters. The zero-order valence-corrected chi connectivity index (χ0v) is 45.0. The third-order valence-electron chi connectivity index (χ3n) is 13.3. The Morgan fingerprint density at radius 3 is 1.56 bits per heavy atom. The lowest BCUT2D eigenvalue weighted by Gasteiger charge is -2.21. The SMILES string of the molecule is CCC(C)CCCCCCCCCCCCCCCCCCCCC(=O)OC[C@H](COP(=O)(O)OP(=O)(O)OC[C@H]1O[C@@H](n2ccc(N)nc2=O)C(O)[C@H]1O)OC(=O)CCCCCCCCC(C)CC. The van der Waals surface area contributed by atoms with Crippen LogP contribution in [-0.2, 0) is 46.3 Å². The Morgan fingerprint density at radius 1 is 0.671 bits per heavy atom. The highest BCUT2D eigenvalue weighted by atomic mass is 31.3. The zero-order valence-electron chi connectivity index (χ0n) is 43.2. The van der Waals surface area contributed by atoms with Crippen LogP contribution in [0.1, 0.15) is 227 Å². The quantitative estimate of drug-likeness (QED) is 0.0231. The number of esters is 2. The van der Waals surface area contributed by atoms with Gasteiger partial charge in [0.1, 0.15) is 30.7 Å². The predicted molar refractivity (Wildman–Crippen MR) is 270 cm³/mol. The Hall–Kier alpha value is -2.24. The van der Waals surface area contributed by atoms with Crippen molar-refractivity contribution >= 4 is 33.4 Å². The molecule has 1 aromatic heterocycles. The summed E-state index contributed by atoms with van der Waals surface area (Å²) in [6, 6.07) is 1.25. The number of unbranched alkanes of at least 4 members (excludes halogenated alkanes) is 22. The summed E-state index contributed by atoms with van der Waals surface area (Å²) in [5.74, 6) is 0.304. The number of phosphoric acid groups is 2. The van der Waals surface area contributed by atoms with E-state index in [9.17, 15) is 43.5 Å². The molecule has 0 saturated carbocycles.